The third-order valence-corrected chi connectivity index (χ3v) is 4.83. The van der Waals surface area contributed by atoms with Crippen molar-refractivity contribution in [3.63, 3.8) is 0 Å². The molecule has 1 aromatic heterocycles. The summed E-state index contributed by atoms with van der Waals surface area (Å²) in [5.74, 6) is 1.45. The number of hydrogen-bond acceptors (Lipinski definition) is 3. The third-order valence-electron chi connectivity index (χ3n) is 4.83. The number of para-hydroxylation sites is 1. The second-order valence-electron chi connectivity index (χ2n) is 6.16. The van der Waals surface area contributed by atoms with Crippen molar-refractivity contribution in [2.75, 3.05) is 6.61 Å². The van der Waals surface area contributed by atoms with Gasteiger partial charge in [-0.3, -0.25) is 0 Å². The van der Waals surface area contributed by atoms with Crippen LogP contribution in [0, 0.1) is 5.92 Å². The molecule has 0 amide bonds. The maximum atomic E-state index is 9.47. The average Bonchev–Trinajstić information content (AvgIpc) is 3.10. The van der Waals surface area contributed by atoms with E-state index >= 15 is 0 Å². The van der Waals surface area contributed by atoms with Gasteiger partial charge in [0, 0.05) is 23.6 Å². The predicted octanol–water partition coefficient (Wildman–Crippen LogP) is 3.81. The lowest BCUT2D eigenvalue weighted by atomic mass is 10.0. The molecule has 3 atom stereocenters. The van der Waals surface area contributed by atoms with E-state index in [1.54, 1.807) is 0 Å². The smallest absolute Gasteiger partial charge is 0.134 e. The molecule has 0 saturated heterocycles. The highest BCUT2D eigenvalue weighted by molar-refractivity contribution is 5.82. The van der Waals surface area contributed by atoms with Crippen molar-refractivity contribution in [1.82, 2.24) is 5.32 Å². The number of aliphatic hydroxyl groups excluding tert-OH is 1. The molecular formula is C18H25NO2. The molecule has 1 heterocycles. The summed E-state index contributed by atoms with van der Waals surface area (Å²) < 4.78 is 6.11. The van der Waals surface area contributed by atoms with Gasteiger partial charge in [-0.25, -0.2) is 0 Å². The molecule has 21 heavy (non-hydrogen) atoms. The number of nitrogens with one attached hydrogen (secondary N) is 1. The van der Waals surface area contributed by atoms with E-state index < -0.39 is 0 Å². The lowest BCUT2D eigenvalue weighted by Gasteiger charge is -2.23. The van der Waals surface area contributed by atoms with Gasteiger partial charge >= 0.3 is 0 Å². The minimum Gasteiger partial charge on any atom is -0.459 e. The molecule has 1 fully saturated rings. The molecular weight excluding hydrogens is 262 g/mol. The van der Waals surface area contributed by atoms with E-state index in [2.05, 4.69) is 31.3 Å². The van der Waals surface area contributed by atoms with Crippen LogP contribution < -0.4 is 5.32 Å². The first kappa shape index (κ1) is 14.6. The molecule has 0 aliphatic heterocycles. The van der Waals surface area contributed by atoms with Crippen LogP contribution in [0.25, 0.3) is 11.0 Å². The van der Waals surface area contributed by atoms with Gasteiger partial charge in [0.15, 0.2) is 0 Å². The van der Waals surface area contributed by atoms with Crippen molar-refractivity contribution in [3.8, 4) is 0 Å². The molecule has 0 radical (unpaired) electrons. The van der Waals surface area contributed by atoms with Crippen LogP contribution in [0.5, 0.6) is 0 Å². The number of aliphatic hydroxyl groups is 1. The van der Waals surface area contributed by atoms with Crippen LogP contribution in [-0.2, 0) is 6.42 Å². The van der Waals surface area contributed by atoms with Gasteiger partial charge in [-0.1, -0.05) is 31.5 Å². The highest BCUT2D eigenvalue weighted by Crippen LogP contribution is 2.33. The number of fused-ring (bicyclic) bond motifs is 1. The van der Waals surface area contributed by atoms with E-state index in [0.717, 1.165) is 30.6 Å². The standard InChI is InChI=1S/C18H25NO2/c1-3-14-15-8-4-5-10-17(15)21-18(14)12(2)19-16-9-6-7-13(16)11-20/h4-5,8,10,12-13,16,19-20H,3,6-7,9,11H2,1-2H3. The molecule has 114 valence electrons. The molecule has 1 saturated carbocycles. The molecule has 3 nitrogen and oxygen atoms in total. The average molecular weight is 287 g/mol. The summed E-state index contributed by atoms with van der Waals surface area (Å²) in [5.41, 5.74) is 2.28. The molecule has 2 aromatic rings. The molecule has 3 rings (SSSR count). The Morgan fingerprint density at radius 2 is 2.14 bits per heavy atom. The summed E-state index contributed by atoms with van der Waals surface area (Å²) in [4.78, 5) is 0. The summed E-state index contributed by atoms with van der Waals surface area (Å²) in [5, 5.41) is 14.4. The Balaban J connectivity index is 1.85. The number of benzene rings is 1. The Morgan fingerprint density at radius 1 is 1.33 bits per heavy atom. The van der Waals surface area contributed by atoms with Crippen molar-refractivity contribution in [3.05, 3.63) is 35.6 Å². The summed E-state index contributed by atoms with van der Waals surface area (Å²) >= 11 is 0. The van der Waals surface area contributed by atoms with Crippen molar-refractivity contribution >= 4 is 11.0 Å². The fourth-order valence-electron chi connectivity index (χ4n) is 3.70. The van der Waals surface area contributed by atoms with E-state index in [9.17, 15) is 5.11 Å². The molecule has 3 heteroatoms. The topological polar surface area (TPSA) is 45.4 Å². The monoisotopic (exact) mass is 287 g/mol. The molecule has 0 bridgehead atoms. The summed E-state index contributed by atoms with van der Waals surface area (Å²) in [7, 11) is 0. The van der Waals surface area contributed by atoms with Gasteiger partial charge in [0.2, 0.25) is 0 Å². The van der Waals surface area contributed by atoms with Gasteiger partial charge in [-0.15, -0.1) is 0 Å². The second-order valence-corrected chi connectivity index (χ2v) is 6.16. The number of rotatable bonds is 5. The van der Waals surface area contributed by atoms with Crippen molar-refractivity contribution in [1.29, 1.82) is 0 Å². The van der Waals surface area contributed by atoms with Crippen molar-refractivity contribution in [2.45, 2.75) is 51.6 Å². The Hall–Kier alpha value is -1.32. The lowest BCUT2D eigenvalue weighted by molar-refractivity contribution is 0.198. The Morgan fingerprint density at radius 3 is 2.90 bits per heavy atom. The minimum atomic E-state index is 0.185. The molecule has 3 unspecified atom stereocenters. The van der Waals surface area contributed by atoms with Gasteiger partial charge in [-0.2, -0.15) is 0 Å². The van der Waals surface area contributed by atoms with Crippen LogP contribution in [0.15, 0.2) is 28.7 Å². The van der Waals surface area contributed by atoms with Crippen LogP contribution in [0.1, 0.15) is 50.5 Å². The molecule has 1 aliphatic rings. The largest absolute Gasteiger partial charge is 0.459 e. The van der Waals surface area contributed by atoms with Crippen LogP contribution >= 0.6 is 0 Å². The molecule has 1 aromatic carbocycles. The highest BCUT2D eigenvalue weighted by Gasteiger charge is 2.29. The van der Waals surface area contributed by atoms with Gasteiger partial charge < -0.3 is 14.8 Å². The van der Waals surface area contributed by atoms with E-state index in [4.69, 9.17) is 4.42 Å². The van der Waals surface area contributed by atoms with E-state index in [-0.39, 0.29) is 12.6 Å². The Labute approximate surface area is 126 Å². The van der Waals surface area contributed by atoms with Crippen molar-refractivity contribution < 1.29 is 9.52 Å². The zero-order chi connectivity index (χ0) is 14.8. The zero-order valence-corrected chi connectivity index (χ0v) is 12.9. The highest BCUT2D eigenvalue weighted by atomic mass is 16.3. The fourth-order valence-corrected chi connectivity index (χ4v) is 3.70. The van der Waals surface area contributed by atoms with Gasteiger partial charge in [0.1, 0.15) is 11.3 Å². The van der Waals surface area contributed by atoms with Crippen LogP contribution in [0.4, 0.5) is 0 Å². The SMILES string of the molecule is CCc1c(C(C)NC2CCCC2CO)oc2ccccc12. The second kappa shape index (κ2) is 6.20. The van der Waals surface area contributed by atoms with Crippen molar-refractivity contribution in [2.24, 2.45) is 5.92 Å². The fraction of sp³-hybridized carbons (Fsp3) is 0.556. The number of aryl methyl sites for hydroxylation is 1. The van der Waals surface area contributed by atoms with E-state index in [1.807, 2.05) is 12.1 Å². The molecule has 1 aliphatic carbocycles. The van der Waals surface area contributed by atoms with E-state index in [1.165, 1.54) is 17.4 Å². The summed E-state index contributed by atoms with van der Waals surface area (Å²) in [6.45, 7) is 4.63. The lowest BCUT2D eigenvalue weighted by Crippen LogP contribution is -2.36. The summed E-state index contributed by atoms with van der Waals surface area (Å²) in [6, 6.07) is 8.85. The zero-order valence-electron chi connectivity index (χ0n) is 12.9. The van der Waals surface area contributed by atoms with E-state index in [0.29, 0.717) is 12.0 Å². The summed E-state index contributed by atoms with van der Waals surface area (Å²) in [6.07, 6.45) is 4.46. The van der Waals surface area contributed by atoms with Crippen LogP contribution in [0.3, 0.4) is 0 Å². The predicted molar refractivity (Wildman–Crippen MR) is 85.4 cm³/mol. The van der Waals surface area contributed by atoms with Crippen LogP contribution in [0.2, 0.25) is 0 Å². The van der Waals surface area contributed by atoms with Gasteiger partial charge in [-0.05, 0) is 38.2 Å². The maximum Gasteiger partial charge on any atom is 0.134 e. The number of furan rings is 1. The normalized spacial score (nSPS) is 23.8. The quantitative estimate of drug-likeness (QED) is 0.879. The molecule has 2 N–H and O–H groups in total. The molecule has 0 spiro atoms. The first-order valence-corrected chi connectivity index (χ1v) is 8.11. The minimum absolute atomic E-state index is 0.185. The maximum absolute atomic E-state index is 9.47. The third kappa shape index (κ3) is 2.72. The van der Waals surface area contributed by atoms with Crippen LogP contribution in [-0.4, -0.2) is 17.8 Å². The first-order chi connectivity index (χ1) is 10.2. The Kier molecular flexibility index (Phi) is 4.32. The number of hydrogen-bond donors (Lipinski definition) is 2. The first-order valence-electron chi connectivity index (χ1n) is 8.11. The van der Waals surface area contributed by atoms with Gasteiger partial charge in [0.05, 0.1) is 6.04 Å². The Bertz CT molecular complexity index is 604. The van der Waals surface area contributed by atoms with Gasteiger partial charge in [0.25, 0.3) is 0 Å².